The van der Waals surface area contributed by atoms with E-state index in [1.54, 1.807) is 42.5 Å². The van der Waals surface area contributed by atoms with Gasteiger partial charge in [0.2, 0.25) is 0 Å². The Balaban J connectivity index is -0.000000114. The number of aromatic nitrogens is 1. The fraction of sp³-hybridized carbons (Fsp3) is 0.180. The van der Waals surface area contributed by atoms with Crippen LogP contribution in [0.5, 0.6) is 28.7 Å². The molecule has 0 fully saturated rings. The minimum atomic E-state index is -0.451. The fourth-order valence-corrected chi connectivity index (χ4v) is 4.09. The van der Waals surface area contributed by atoms with Crippen molar-refractivity contribution >= 4 is 61.9 Å². The Bertz CT molecular complexity index is 1760. The number of pyridine rings is 1. The van der Waals surface area contributed by atoms with Crippen molar-refractivity contribution in [3.63, 3.8) is 0 Å². The number of aryl methyl sites for hydroxylation is 2. The number of phenols is 4. The van der Waals surface area contributed by atoms with Gasteiger partial charge in [0, 0.05) is 37.2 Å². The van der Waals surface area contributed by atoms with Crippen molar-refractivity contribution < 1.29 is 25.5 Å². The summed E-state index contributed by atoms with van der Waals surface area (Å²) >= 11 is 16.3. The maximum absolute atomic E-state index is 10.3. The number of aromatic hydroxyl groups is 5. The Morgan fingerprint density at radius 1 is 0.365 bits per heavy atom. The first-order chi connectivity index (χ1) is 26.6. The average Bonchev–Trinajstić information content (AvgIpc) is 3.18. The lowest BCUT2D eigenvalue weighted by Gasteiger charge is -1.93. The smallest absolute Gasteiger partial charge is 0.290 e. The highest BCUT2D eigenvalue weighted by molar-refractivity contribution is 7.83. The number of nitrogens with one attached hydrogen (secondary N) is 1. The van der Waals surface area contributed by atoms with Crippen LogP contribution in [0.3, 0.4) is 0 Å². The van der Waals surface area contributed by atoms with E-state index < -0.39 is 5.56 Å². The molecule has 1 heterocycles. The second-order valence-corrected chi connectivity index (χ2v) is 13.0. The molecule has 0 spiro atoms. The number of rotatable bonds is 0. The molecule has 0 unspecified atom stereocenters. The Hall–Kier alpha value is -5.73. The third kappa shape index (κ3) is 32.6. The van der Waals surface area contributed by atoms with Crippen LogP contribution < -0.4 is 17.0 Å². The molecule has 13 heteroatoms. The number of anilines is 2. The number of nitrogen functional groups attached to an aromatic ring is 2. The van der Waals surface area contributed by atoms with Crippen LogP contribution in [-0.2, 0) is 0 Å². The van der Waals surface area contributed by atoms with Crippen LogP contribution in [0.15, 0.2) is 188 Å². The molecular formula is C50H75N3O6S4. The number of H-pyrrole nitrogens is 1. The van der Waals surface area contributed by atoms with E-state index >= 15 is 0 Å². The molecule has 0 atom stereocenters. The van der Waals surface area contributed by atoms with E-state index in [-0.39, 0.29) is 75.0 Å². The van der Waals surface area contributed by atoms with E-state index in [4.69, 9.17) is 37.0 Å². The zero-order valence-electron chi connectivity index (χ0n) is 30.7. The van der Waals surface area contributed by atoms with E-state index in [2.05, 4.69) is 55.5 Å². The van der Waals surface area contributed by atoms with Crippen LogP contribution in [0.1, 0.15) is 63.1 Å². The lowest BCUT2D eigenvalue weighted by molar-refractivity contribution is 0.404. The molecule has 0 aliphatic rings. The largest absolute Gasteiger partial charge is 0.508 e. The third-order valence-corrected chi connectivity index (χ3v) is 8.43. The summed E-state index contributed by atoms with van der Waals surface area (Å²) in [5, 5.41) is 43.7. The molecular weight excluding hydrogens is 867 g/mol. The van der Waals surface area contributed by atoms with Gasteiger partial charge in [-0.2, -0.15) is 0 Å². The average molecular weight is 942 g/mol. The third-order valence-electron chi connectivity index (χ3n) is 6.68. The van der Waals surface area contributed by atoms with Crippen LogP contribution in [0.2, 0.25) is 0 Å². The second kappa shape index (κ2) is 41.6. The molecule has 7 rings (SSSR count). The summed E-state index contributed by atoms with van der Waals surface area (Å²) in [5.41, 5.74) is 14.2. The quantitative estimate of drug-likeness (QED) is 0.0402. The van der Waals surface area contributed by atoms with Crippen LogP contribution in [-0.4, -0.2) is 30.5 Å². The number of hydrogen-bond acceptors (Lipinski definition) is 12. The van der Waals surface area contributed by atoms with Gasteiger partial charge >= 0.3 is 0 Å². The van der Waals surface area contributed by atoms with Gasteiger partial charge in [-0.25, -0.2) is 0 Å². The molecule has 9 nitrogen and oxygen atoms in total. The second-order valence-electron chi connectivity index (χ2n) is 11.1. The van der Waals surface area contributed by atoms with Gasteiger partial charge in [0.05, 0.1) is 0 Å². The fourth-order valence-electron chi connectivity index (χ4n) is 3.44. The van der Waals surface area contributed by atoms with E-state index in [1.165, 1.54) is 24.4 Å². The lowest BCUT2D eigenvalue weighted by Crippen LogP contribution is -2.01. The maximum Gasteiger partial charge on any atom is 0.290 e. The van der Waals surface area contributed by atoms with Crippen LogP contribution in [0.4, 0.5) is 11.4 Å². The number of aromatic amines is 1. The van der Waals surface area contributed by atoms with Crippen molar-refractivity contribution in [3.8, 4) is 28.7 Å². The van der Waals surface area contributed by atoms with Crippen LogP contribution in [0.25, 0.3) is 0 Å². The molecule has 10 N–H and O–H groups in total. The molecule has 0 aliphatic heterocycles. The Morgan fingerprint density at radius 3 is 0.889 bits per heavy atom. The number of hydrogen-bond donors (Lipinski definition) is 12. The Labute approximate surface area is 401 Å². The van der Waals surface area contributed by atoms with Gasteiger partial charge in [-0.15, -0.1) is 50.5 Å². The summed E-state index contributed by atoms with van der Waals surface area (Å²) in [6.07, 6.45) is 1.46. The zero-order valence-corrected chi connectivity index (χ0v) is 34.3. The minimum Gasteiger partial charge on any atom is -0.508 e. The van der Waals surface area contributed by atoms with Gasteiger partial charge in [0.25, 0.3) is 5.56 Å². The number of nitrogens with two attached hydrogens (primary N) is 2. The number of para-hydroxylation sites is 6. The minimum absolute atomic E-state index is 0. The first-order valence-corrected chi connectivity index (χ1v) is 18.3. The normalized spacial score (nSPS) is 8.10. The number of phenolic OH excluding ortho intramolecular Hbond substituents is 4. The van der Waals surface area contributed by atoms with Crippen molar-refractivity contribution in [1.82, 2.24) is 4.98 Å². The molecule has 0 amide bonds. The van der Waals surface area contributed by atoms with E-state index in [0.29, 0.717) is 10.6 Å². The molecule has 0 bridgehead atoms. The molecule has 0 radical (unpaired) electrons. The molecule has 63 heavy (non-hydrogen) atoms. The molecule has 0 aliphatic carbocycles. The van der Waals surface area contributed by atoms with Crippen molar-refractivity contribution in [1.29, 1.82) is 0 Å². The predicted octanol–water partition coefficient (Wildman–Crippen LogP) is 14.4. The maximum atomic E-state index is 10.3. The number of thiol groups is 4. The summed E-state index contributed by atoms with van der Waals surface area (Å²) in [6, 6.07) is 46.2. The van der Waals surface area contributed by atoms with Crippen molar-refractivity contribution in [3.05, 3.63) is 185 Å². The molecule has 6 aromatic carbocycles. The van der Waals surface area contributed by atoms with Crippen LogP contribution >= 0.6 is 50.5 Å². The predicted molar refractivity (Wildman–Crippen MR) is 288 cm³/mol. The molecule has 350 valence electrons. The zero-order chi connectivity index (χ0) is 41.9. The topological polar surface area (TPSA) is 186 Å². The lowest BCUT2D eigenvalue weighted by atomic mass is 10.2. The molecule has 1 aromatic heterocycles. The molecule has 0 saturated heterocycles. The van der Waals surface area contributed by atoms with E-state index in [9.17, 15) is 4.79 Å². The highest BCUT2D eigenvalue weighted by Crippen LogP contribution is 2.21. The summed E-state index contributed by atoms with van der Waals surface area (Å²) in [4.78, 5) is 15.9. The van der Waals surface area contributed by atoms with Crippen LogP contribution in [0, 0.1) is 13.8 Å². The van der Waals surface area contributed by atoms with Gasteiger partial charge < -0.3 is 42.0 Å². The highest BCUT2D eigenvalue weighted by Gasteiger charge is 1.92. The molecule has 0 saturated carbocycles. The van der Waals surface area contributed by atoms with Crippen molar-refractivity contribution in [2.45, 2.75) is 85.4 Å². The first kappa shape index (κ1) is 71.8. The highest BCUT2D eigenvalue weighted by atomic mass is 32.1. The van der Waals surface area contributed by atoms with Gasteiger partial charge in [-0.05, 0) is 97.8 Å². The summed E-state index contributed by atoms with van der Waals surface area (Å²) in [5.74, 6) is 0.204. The van der Waals surface area contributed by atoms with E-state index in [0.717, 1.165) is 37.2 Å². The Morgan fingerprint density at radius 2 is 0.683 bits per heavy atom. The van der Waals surface area contributed by atoms with Gasteiger partial charge in [0.1, 0.15) is 11.5 Å². The standard InChI is InChI=1S/C7H9N.C7H8O.C6H7NS.C6H6O2.C6H6OS.C6H6S2.C5H5NO2.7CH4/c2*1-6-4-2-3-5-7(6)8;4*7-5-3-1-2-4-6(5)8;7-4-2-1-3-6-5(4)8;;;;;;;/h2-5H,8H2,1H3;2-5,8H,1H3;1-4,8H,7H2;3*1-4,7-8H;1-3,7H,(H,6,8);7*1H4. The number of benzene rings is 6. The van der Waals surface area contributed by atoms with Gasteiger partial charge in [-0.3, -0.25) is 4.79 Å². The van der Waals surface area contributed by atoms with Gasteiger partial charge in [0.15, 0.2) is 17.2 Å². The summed E-state index contributed by atoms with van der Waals surface area (Å²) in [6.45, 7) is 3.87. The first-order valence-electron chi connectivity index (χ1n) is 16.5. The van der Waals surface area contributed by atoms with Crippen molar-refractivity contribution in [2.75, 3.05) is 11.5 Å². The summed E-state index contributed by atoms with van der Waals surface area (Å²) in [7, 11) is 0. The van der Waals surface area contributed by atoms with E-state index in [1.807, 2.05) is 111 Å². The summed E-state index contributed by atoms with van der Waals surface area (Å²) < 4.78 is 0. The van der Waals surface area contributed by atoms with Gasteiger partial charge in [-0.1, -0.05) is 137 Å². The Kier molecular flexibility index (Phi) is 47.4. The van der Waals surface area contributed by atoms with Crippen molar-refractivity contribution in [2.24, 2.45) is 0 Å². The SMILES string of the molecule is C.C.C.C.C.C.C.Cc1ccccc1N.Cc1ccccc1O.Nc1ccccc1S.O=c1[nH]cccc1O.Oc1ccccc1O.Oc1ccccc1S.Sc1ccccc1S. The monoisotopic (exact) mass is 941 g/mol. The molecule has 7 aromatic rings.